The Morgan fingerprint density at radius 1 is 1.29 bits per heavy atom. The van der Waals surface area contributed by atoms with Crippen LogP contribution < -0.4 is 0 Å². The topological polar surface area (TPSA) is 25.2 Å². The molecule has 1 aromatic carbocycles. The molecule has 1 unspecified atom stereocenters. The predicted molar refractivity (Wildman–Crippen MR) is 70.6 cm³/mol. The first-order valence-corrected chi connectivity index (χ1v) is 6.09. The van der Waals surface area contributed by atoms with Crippen LogP contribution in [0.5, 0.6) is 0 Å². The van der Waals surface area contributed by atoms with E-state index in [-0.39, 0.29) is 0 Å². The summed E-state index contributed by atoms with van der Waals surface area (Å²) >= 11 is 11.9. The van der Waals surface area contributed by atoms with Crippen LogP contribution in [-0.4, -0.2) is 9.67 Å². The van der Waals surface area contributed by atoms with Gasteiger partial charge in [-0.15, -0.1) is 0 Å². The molecule has 2 rings (SSSR count). The van der Waals surface area contributed by atoms with Crippen LogP contribution in [0.4, 0.5) is 0 Å². The van der Waals surface area contributed by atoms with E-state index < -0.39 is 6.10 Å². The molecule has 2 nitrogen and oxygen atoms in total. The highest BCUT2D eigenvalue weighted by Crippen LogP contribution is 2.22. The first-order valence-electron chi connectivity index (χ1n) is 5.34. The molecule has 0 radical (unpaired) electrons. The van der Waals surface area contributed by atoms with Crippen LogP contribution in [0.1, 0.15) is 24.2 Å². The maximum atomic E-state index is 9.44. The van der Waals surface area contributed by atoms with Crippen LogP contribution in [0.2, 0.25) is 10.0 Å². The second-order valence-electron chi connectivity index (χ2n) is 4.03. The molecule has 0 amide bonds. The summed E-state index contributed by atoms with van der Waals surface area (Å²) in [6.45, 7) is 2.41. The van der Waals surface area contributed by atoms with Crippen LogP contribution in [-0.2, 0) is 6.54 Å². The molecule has 17 heavy (non-hydrogen) atoms. The fourth-order valence-corrected chi connectivity index (χ4v) is 2.12. The fourth-order valence-electron chi connectivity index (χ4n) is 1.65. The second kappa shape index (κ2) is 5.13. The molecule has 2 aromatic rings. The first-order chi connectivity index (χ1) is 8.06. The SMILES string of the molecule is CC(O)c1ccn(Cc2ccc(Cl)cc2Cl)c1. The minimum atomic E-state index is -0.447. The van der Waals surface area contributed by atoms with E-state index in [0.29, 0.717) is 16.6 Å². The molecule has 0 aliphatic heterocycles. The van der Waals surface area contributed by atoms with Gasteiger partial charge in [-0.3, -0.25) is 0 Å². The molecule has 90 valence electrons. The third-order valence-electron chi connectivity index (χ3n) is 2.62. The quantitative estimate of drug-likeness (QED) is 0.899. The van der Waals surface area contributed by atoms with Crippen molar-refractivity contribution in [2.45, 2.75) is 19.6 Å². The fraction of sp³-hybridized carbons (Fsp3) is 0.231. The number of hydrogen-bond acceptors (Lipinski definition) is 1. The maximum absolute atomic E-state index is 9.44. The molecule has 0 fully saturated rings. The summed E-state index contributed by atoms with van der Waals surface area (Å²) in [5, 5.41) is 10.7. The van der Waals surface area contributed by atoms with Crippen LogP contribution in [0.15, 0.2) is 36.7 Å². The number of nitrogens with zero attached hydrogens (tertiary/aromatic N) is 1. The van der Waals surface area contributed by atoms with E-state index in [1.165, 1.54) is 0 Å². The van der Waals surface area contributed by atoms with Gasteiger partial charge in [-0.25, -0.2) is 0 Å². The number of benzene rings is 1. The zero-order valence-corrected chi connectivity index (χ0v) is 10.9. The molecule has 0 saturated carbocycles. The highest BCUT2D eigenvalue weighted by atomic mass is 35.5. The van der Waals surface area contributed by atoms with Crippen LogP contribution in [0.25, 0.3) is 0 Å². The van der Waals surface area contributed by atoms with Crippen molar-refractivity contribution in [3.8, 4) is 0 Å². The largest absolute Gasteiger partial charge is 0.389 e. The normalized spacial score (nSPS) is 12.7. The van der Waals surface area contributed by atoms with E-state index in [1.807, 2.05) is 35.2 Å². The lowest BCUT2D eigenvalue weighted by molar-refractivity contribution is 0.199. The molecule has 1 atom stereocenters. The lowest BCUT2D eigenvalue weighted by Crippen LogP contribution is -1.97. The highest BCUT2D eigenvalue weighted by molar-refractivity contribution is 6.35. The van der Waals surface area contributed by atoms with Gasteiger partial charge in [0.05, 0.1) is 6.10 Å². The van der Waals surface area contributed by atoms with Crippen LogP contribution in [0, 0.1) is 0 Å². The third kappa shape index (κ3) is 3.03. The van der Waals surface area contributed by atoms with Gasteiger partial charge in [0.15, 0.2) is 0 Å². The minimum absolute atomic E-state index is 0.447. The third-order valence-corrected chi connectivity index (χ3v) is 3.21. The number of rotatable bonds is 3. The Morgan fingerprint density at radius 2 is 2.06 bits per heavy atom. The van der Waals surface area contributed by atoms with Gasteiger partial charge in [0.25, 0.3) is 0 Å². The Morgan fingerprint density at radius 3 is 2.65 bits per heavy atom. The van der Waals surface area contributed by atoms with Crippen LogP contribution in [0.3, 0.4) is 0 Å². The molecule has 0 aliphatic carbocycles. The maximum Gasteiger partial charge on any atom is 0.0776 e. The van der Waals surface area contributed by atoms with Gasteiger partial charge in [0.2, 0.25) is 0 Å². The van der Waals surface area contributed by atoms with Gasteiger partial charge in [0.1, 0.15) is 0 Å². The Hall–Kier alpha value is -0.960. The van der Waals surface area contributed by atoms with Gasteiger partial charge >= 0.3 is 0 Å². The molecule has 1 heterocycles. The Bertz CT molecular complexity index is 520. The average Bonchev–Trinajstić information content (AvgIpc) is 2.71. The number of hydrogen-bond donors (Lipinski definition) is 1. The second-order valence-corrected chi connectivity index (χ2v) is 4.87. The van der Waals surface area contributed by atoms with Crippen molar-refractivity contribution in [1.82, 2.24) is 4.57 Å². The van der Waals surface area contributed by atoms with Crippen molar-refractivity contribution in [1.29, 1.82) is 0 Å². The summed E-state index contributed by atoms with van der Waals surface area (Å²) in [7, 11) is 0. The Kier molecular flexibility index (Phi) is 3.77. The van der Waals surface area contributed by atoms with E-state index in [1.54, 1.807) is 13.0 Å². The van der Waals surface area contributed by atoms with Crippen molar-refractivity contribution >= 4 is 23.2 Å². The zero-order valence-electron chi connectivity index (χ0n) is 9.40. The van der Waals surface area contributed by atoms with E-state index in [9.17, 15) is 5.11 Å². The molecule has 4 heteroatoms. The lowest BCUT2D eigenvalue weighted by Gasteiger charge is -2.06. The number of aromatic nitrogens is 1. The standard InChI is InChI=1S/C13H13Cl2NO/c1-9(17)10-4-5-16(7-10)8-11-2-3-12(14)6-13(11)15/h2-7,9,17H,8H2,1H3. The van der Waals surface area contributed by atoms with Crippen molar-refractivity contribution in [2.24, 2.45) is 0 Å². The number of halogens is 2. The monoisotopic (exact) mass is 269 g/mol. The average molecular weight is 270 g/mol. The van der Waals surface area contributed by atoms with Gasteiger partial charge in [-0.2, -0.15) is 0 Å². The van der Waals surface area contributed by atoms with Gasteiger partial charge in [0, 0.05) is 29.0 Å². The summed E-state index contributed by atoms with van der Waals surface area (Å²) in [5.74, 6) is 0. The summed E-state index contributed by atoms with van der Waals surface area (Å²) < 4.78 is 1.98. The molecular weight excluding hydrogens is 257 g/mol. The molecule has 0 bridgehead atoms. The number of aliphatic hydroxyl groups is 1. The highest BCUT2D eigenvalue weighted by Gasteiger charge is 2.05. The van der Waals surface area contributed by atoms with Crippen molar-refractivity contribution in [3.63, 3.8) is 0 Å². The first kappa shape index (κ1) is 12.5. The van der Waals surface area contributed by atoms with E-state index in [4.69, 9.17) is 23.2 Å². The van der Waals surface area contributed by atoms with Gasteiger partial charge in [-0.05, 0) is 36.2 Å². The zero-order chi connectivity index (χ0) is 12.4. The molecule has 0 saturated heterocycles. The molecule has 1 N–H and O–H groups in total. The smallest absolute Gasteiger partial charge is 0.0776 e. The van der Waals surface area contributed by atoms with E-state index in [0.717, 1.165) is 11.1 Å². The van der Waals surface area contributed by atoms with Gasteiger partial charge < -0.3 is 9.67 Å². The minimum Gasteiger partial charge on any atom is -0.389 e. The molecule has 0 spiro atoms. The summed E-state index contributed by atoms with van der Waals surface area (Å²) in [5.41, 5.74) is 1.90. The lowest BCUT2D eigenvalue weighted by atomic mass is 10.2. The van der Waals surface area contributed by atoms with Gasteiger partial charge in [-0.1, -0.05) is 29.3 Å². The summed E-state index contributed by atoms with van der Waals surface area (Å²) in [4.78, 5) is 0. The Balaban J connectivity index is 2.19. The summed E-state index contributed by atoms with van der Waals surface area (Å²) in [6, 6.07) is 7.36. The van der Waals surface area contributed by atoms with Crippen molar-refractivity contribution < 1.29 is 5.11 Å². The van der Waals surface area contributed by atoms with E-state index >= 15 is 0 Å². The van der Waals surface area contributed by atoms with E-state index in [2.05, 4.69) is 0 Å². The summed E-state index contributed by atoms with van der Waals surface area (Å²) in [6.07, 6.45) is 3.39. The Labute approximate surface area is 110 Å². The molecular formula is C13H13Cl2NO. The predicted octanol–water partition coefficient (Wildman–Crippen LogP) is 3.90. The molecule has 0 aliphatic rings. The number of aliphatic hydroxyl groups excluding tert-OH is 1. The van der Waals surface area contributed by atoms with Crippen molar-refractivity contribution in [2.75, 3.05) is 0 Å². The van der Waals surface area contributed by atoms with Crippen molar-refractivity contribution in [3.05, 3.63) is 57.8 Å². The molecule has 1 aromatic heterocycles. The van der Waals surface area contributed by atoms with Crippen LogP contribution >= 0.6 is 23.2 Å².